The lowest BCUT2D eigenvalue weighted by Gasteiger charge is -2.11. The number of aryl methyl sites for hydroxylation is 1. The zero-order chi connectivity index (χ0) is 12.4. The lowest BCUT2D eigenvalue weighted by atomic mass is 10.2. The van der Waals surface area contributed by atoms with Gasteiger partial charge in [-0.1, -0.05) is 26.0 Å². The van der Waals surface area contributed by atoms with Gasteiger partial charge in [0.1, 0.15) is 5.82 Å². The molecule has 1 unspecified atom stereocenters. The summed E-state index contributed by atoms with van der Waals surface area (Å²) in [4.78, 5) is 15.4. The molecule has 2 aromatic rings. The molecule has 18 heavy (non-hydrogen) atoms. The summed E-state index contributed by atoms with van der Waals surface area (Å²) in [6.07, 6.45) is 0.807. The highest BCUT2D eigenvalue weighted by Crippen LogP contribution is 2.18. The van der Waals surface area contributed by atoms with E-state index in [1.807, 2.05) is 35.8 Å². The second-order valence-electron chi connectivity index (χ2n) is 4.22. The highest BCUT2D eigenvalue weighted by atomic mass is 35.5. The van der Waals surface area contributed by atoms with Crippen LogP contribution in [0, 0.1) is 5.92 Å². The Morgan fingerprint density at radius 1 is 1.44 bits per heavy atom. The van der Waals surface area contributed by atoms with Gasteiger partial charge in [0.25, 0.3) is 0 Å². The van der Waals surface area contributed by atoms with Crippen molar-refractivity contribution in [3.05, 3.63) is 30.1 Å². The van der Waals surface area contributed by atoms with Crippen LogP contribution in [0.25, 0.3) is 11.0 Å². The van der Waals surface area contributed by atoms with Crippen molar-refractivity contribution in [2.24, 2.45) is 5.92 Å². The maximum atomic E-state index is 10.9. The number of hydrogen-bond donors (Lipinski definition) is 1. The Balaban J connectivity index is 0.00000162. The predicted octanol–water partition coefficient (Wildman–Crippen LogP) is 2.74. The van der Waals surface area contributed by atoms with Gasteiger partial charge in [0.15, 0.2) is 0 Å². The van der Waals surface area contributed by atoms with E-state index in [9.17, 15) is 4.79 Å². The molecule has 0 saturated heterocycles. The van der Waals surface area contributed by atoms with E-state index in [0.717, 1.165) is 23.3 Å². The molecule has 0 aliphatic carbocycles. The van der Waals surface area contributed by atoms with Gasteiger partial charge in [0, 0.05) is 13.0 Å². The first kappa shape index (κ1) is 14.5. The fraction of sp³-hybridized carbons (Fsp3) is 0.385. The summed E-state index contributed by atoms with van der Waals surface area (Å²) in [5.41, 5.74) is 1.94. The zero-order valence-electron chi connectivity index (χ0n) is 10.5. The minimum atomic E-state index is -0.773. The first-order valence-corrected chi connectivity index (χ1v) is 5.80. The number of halogens is 1. The van der Waals surface area contributed by atoms with Gasteiger partial charge in [-0.3, -0.25) is 4.79 Å². The second-order valence-corrected chi connectivity index (χ2v) is 4.22. The first-order chi connectivity index (χ1) is 8.13. The van der Waals surface area contributed by atoms with E-state index in [1.54, 1.807) is 6.92 Å². The number of aliphatic carboxylic acids is 1. The molecule has 4 nitrogen and oxygen atoms in total. The fourth-order valence-corrected chi connectivity index (χ4v) is 1.95. The van der Waals surface area contributed by atoms with Crippen molar-refractivity contribution in [1.29, 1.82) is 0 Å². The number of carboxylic acids is 1. The summed E-state index contributed by atoms with van der Waals surface area (Å²) >= 11 is 0. The largest absolute Gasteiger partial charge is 0.481 e. The standard InChI is InChI=1S/C13H16N2O2.ClH/c1-3-12-14-10-6-4-5-7-11(10)15(12)8-9(2)13(16)17;/h4-7,9H,3,8H2,1-2H3,(H,16,17);1H. The molecule has 2 rings (SSSR count). The quantitative estimate of drug-likeness (QED) is 0.928. The molecule has 0 aliphatic heterocycles. The van der Waals surface area contributed by atoms with E-state index in [-0.39, 0.29) is 12.4 Å². The molecular formula is C13H17ClN2O2. The maximum absolute atomic E-state index is 10.9. The summed E-state index contributed by atoms with van der Waals surface area (Å²) in [6, 6.07) is 7.83. The van der Waals surface area contributed by atoms with E-state index >= 15 is 0 Å². The summed E-state index contributed by atoms with van der Waals surface area (Å²) in [5, 5.41) is 8.98. The van der Waals surface area contributed by atoms with Gasteiger partial charge >= 0.3 is 5.97 Å². The van der Waals surface area contributed by atoms with Crippen LogP contribution in [0.2, 0.25) is 0 Å². The fourth-order valence-electron chi connectivity index (χ4n) is 1.95. The molecule has 0 radical (unpaired) electrons. The van der Waals surface area contributed by atoms with Crippen LogP contribution in [0.5, 0.6) is 0 Å². The van der Waals surface area contributed by atoms with Crippen molar-refractivity contribution < 1.29 is 9.90 Å². The van der Waals surface area contributed by atoms with Gasteiger partial charge in [0.05, 0.1) is 17.0 Å². The number of imidazole rings is 1. The van der Waals surface area contributed by atoms with Crippen molar-refractivity contribution in [3.8, 4) is 0 Å². The van der Waals surface area contributed by atoms with Crippen molar-refractivity contribution >= 4 is 29.4 Å². The molecule has 98 valence electrons. The number of carboxylic acid groups (broad SMARTS) is 1. The monoisotopic (exact) mass is 268 g/mol. The Morgan fingerprint density at radius 2 is 2.11 bits per heavy atom. The Bertz CT molecular complexity index is 551. The molecule has 1 N–H and O–H groups in total. The molecule has 0 spiro atoms. The Hall–Kier alpha value is -1.55. The van der Waals surface area contributed by atoms with Gasteiger partial charge < -0.3 is 9.67 Å². The Kier molecular flexibility index (Phi) is 4.73. The van der Waals surface area contributed by atoms with Crippen LogP contribution in [-0.4, -0.2) is 20.6 Å². The normalized spacial score (nSPS) is 12.1. The van der Waals surface area contributed by atoms with Gasteiger partial charge in [-0.15, -0.1) is 12.4 Å². The Labute approximate surface area is 112 Å². The number of rotatable bonds is 4. The number of para-hydroxylation sites is 2. The van der Waals surface area contributed by atoms with Crippen LogP contribution in [0.1, 0.15) is 19.7 Å². The summed E-state index contributed by atoms with van der Waals surface area (Å²) in [5.74, 6) is -0.234. The molecule has 0 fully saturated rings. The molecule has 5 heteroatoms. The minimum absolute atomic E-state index is 0. The smallest absolute Gasteiger partial charge is 0.308 e. The van der Waals surface area contributed by atoms with E-state index < -0.39 is 11.9 Å². The number of benzene rings is 1. The molecule has 0 amide bonds. The molecule has 1 aromatic carbocycles. The Morgan fingerprint density at radius 3 is 2.72 bits per heavy atom. The number of fused-ring (bicyclic) bond motifs is 1. The van der Waals surface area contributed by atoms with E-state index in [4.69, 9.17) is 5.11 Å². The maximum Gasteiger partial charge on any atom is 0.308 e. The zero-order valence-corrected chi connectivity index (χ0v) is 11.3. The average Bonchev–Trinajstić information content (AvgIpc) is 2.67. The van der Waals surface area contributed by atoms with Crippen LogP contribution >= 0.6 is 12.4 Å². The van der Waals surface area contributed by atoms with Gasteiger partial charge in [-0.25, -0.2) is 4.98 Å². The van der Waals surface area contributed by atoms with E-state index in [1.165, 1.54) is 0 Å². The van der Waals surface area contributed by atoms with Crippen LogP contribution in [0.4, 0.5) is 0 Å². The average molecular weight is 269 g/mol. The SMILES string of the molecule is CCc1nc2ccccc2n1CC(C)C(=O)O.Cl. The molecule has 0 aliphatic rings. The summed E-state index contributed by atoms with van der Waals surface area (Å²) in [7, 11) is 0. The summed E-state index contributed by atoms with van der Waals surface area (Å²) < 4.78 is 2.01. The molecule has 1 atom stereocenters. The van der Waals surface area contributed by atoms with E-state index in [0.29, 0.717) is 6.54 Å². The predicted molar refractivity (Wildman–Crippen MR) is 73.2 cm³/mol. The second kappa shape index (κ2) is 5.87. The van der Waals surface area contributed by atoms with Crippen molar-refractivity contribution in [3.63, 3.8) is 0 Å². The highest BCUT2D eigenvalue weighted by molar-refractivity contribution is 5.85. The third-order valence-electron chi connectivity index (χ3n) is 2.93. The van der Waals surface area contributed by atoms with Crippen molar-refractivity contribution in [1.82, 2.24) is 9.55 Å². The molecule has 0 bridgehead atoms. The number of carbonyl (C=O) groups is 1. The number of nitrogens with zero attached hydrogens (tertiary/aromatic N) is 2. The van der Waals surface area contributed by atoms with Crippen molar-refractivity contribution in [2.45, 2.75) is 26.8 Å². The number of aromatic nitrogens is 2. The highest BCUT2D eigenvalue weighted by Gasteiger charge is 2.16. The lowest BCUT2D eigenvalue weighted by Crippen LogP contribution is -2.18. The van der Waals surface area contributed by atoms with Crippen LogP contribution in [0.3, 0.4) is 0 Å². The van der Waals surface area contributed by atoms with Crippen LogP contribution < -0.4 is 0 Å². The lowest BCUT2D eigenvalue weighted by molar-refractivity contribution is -0.141. The van der Waals surface area contributed by atoms with Gasteiger partial charge in [0.2, 0.25) is 0 Å². The molecule has 1 heterocycles. The van der Waals surface area contributed by atoms with Crippen molar-refractivity contribution in [2.75, 3.05) is 0 Å². The first-order valence-electron chi connectivity index (χ1n) is 5.80. The third-order valence-corrected chi connectivity index (χ3v) is 2.93. The van der Waals surface area contributed by atoms with E-state index in [2.05, 4.69) is 4.98 Å². The third kappa shape index (κ3) is 2.64. The number of hydrogen-bond acceptors (Lipinski definition) is 2. The molecular weight excluding hydrogens is 252 g/mol. The molecule has 1 aromatic heterocycles. The van der Waals surface area contributed by atoms with Gasteiger partial charge in [-0.05, 0) is 12.1 Å². The van der Waals surface area contributed by atoms with Gasteiger partial charge in [-0.2, -0.15) is 0 Å². The topological polar surface area (TPSA) is 55.1 Å². The summed E-state index contributed by atoms with van der Waals surface area (Å²) in [6.45, 7) is 4.22. The van der Waals surface area contributed by atoms with Crippen LogP contribution in [-0.2, 0) is 17.8 Å². The molecule has 0 saturated carbocycles. The minimum Gasteiger partial charge on any atom is -0.481 e. The van der Waals surface area contributed by atoms with Crippen LogP contribution in [0.15, 0.2) is 24.3 Å².